The zero-order chi connectivity index (χ0) is 14.2. The Labute approximate surface area is 124 Å². The molecule has 0 saturated heterocycles. The van der Waals surface area contributed by atoms with Crippen molar-refractivity contribution in [3.63, 3.8) is 0 Å². The first-order valence-electron chi connectivity index (χ1n) is 5.36. The third kappa shape index (κ3) is 2.43. The number of hydrogen-bond acceptors (Lipinski definition) is 4. The number of aromatic nitrogens is 1. The van der Waals surface area contributed by atoms with Crippen LogP contribution in [0.5, 0.6) is 0 Å². The number of ether oxygens (including phenoxy) is 1. The number of nitrogens with zero attached hydrogens (tertiary/aromatic N) is 1. The zero-order valence-corrected chi connectivity index (χ0v) is 12.1. The van der Waals surface area contributed by atoms with Crippen LogP contribution in [-0.4, -0.2) is 17.6 Å². The van der Waals surface area contributed by atoms with Gasteiger partial charge in [0.25, 0.3) is 0 Å². The predicted molar refractivity (Wildman–Crippen MR) is 77.1 cm³/mol. The van der Waals surface area contributed by atoms with Crippen molar-refractivity contribution >= 4 is 57.4 Å². The summed E-state index contributed by atoms with van der Waals surface area (Å²) in [5.74, 6) is -0.568. The molecule has 0 bridgehead atoms. The molecule has 1 heterocycles. The van der Waals surface area contributed by atoms with Gasteiger partial charge < -0.3 is 10.5 Å². The number of halogens is 3. The van der Waals surface area contributed by atoms with E-state index < -0.39 is 5.97 Å². The Morgan fingerprint density at radius 1 is 1.37 bits per heavy atom. The van der Waals surface area contributed by atoms with Gasteiger partial charge in [-0.15, -0.1) is 0 Å². The molecule has 19 heavy (non-hydrogen) atoms. The smallest absolute Gasteiger partial charge is 0.341 e. The van der Waals surface area contributed by atoms with Crippen LogP contribution >= 0.6 is 34.8 Å². The summed E-state index contributed by atoms with van der Waals surface area (Å²) >= 11 is 18.1. The number of nitrogen functional groups attached to an aromatic ring is 1. The maximum atomic E-state index is 11.7. The third-order valence-corrected chi connectivity index (χ3v) is 3.60. The molecule has 2 aromatic rings. The van der Waals surface area contributed by atoms with Gasteiger partial charge in [-0.3, -0.25) is 4.98 Å². The van der Waals surface area contributed by atoms with E-state index in [1.54, 1.807) is 6.92 Å². The monoisotopic (exact) mass is 318 g/mol. The molecule has 2 rings (SSSR count). The number of carbonyl (C=O) groups is 1. The first-order chi connectivity index (χ1) is 8.97. The molecule has 0 fully saturated rings. The van der Waals surface area contributed by atoms with E-state index >= 15 is 0 Å². The molecular formula is C12H9Cl3N2O2. The fourth-order valence-corrected chi connectivity index (χ4v) is 2.42. The van der Waals surface area contributed by atoms with Gasteiger partial charge in [0.15, 0.2) is 0 Å². The molecule has 7 heteroatoms. The van der Waals surface area contributed by atoms with Gasteiger partial charge >= 0.3 is 5.97 Å². The summed E-state index contributed by atoms with van der Waals surface area (Å²) in [6.45, 7) is 1.93. The highest BCUT2D eigenvalue weighted by Crippen LogP contribution is 2.39. The number of pyridine rings is 1. The minimum absolute atomic E-state index is 0.134. The molecule has 100 valence electrons. The van der Waals surface area contributed by atoms with Gasteiger partial charge in [0, 0.05) is 11.6 Å². The van der Waals surface area contributed by atoms with E-state index in [2.05, 4.69) is 4.98 Å². The summed E-state index contributed by atoms with van der Waals surface area (Å²) in [6.07, 6.45) is 1.31. The number of anilines is 1. The summed E-state index contributed by atoms with van der Waals surface area (Å²) in [7, 11) is 0. The van der Waals surface area contributed by atoms with E-state index in [9.17, 15) is 4.79 Å². The van der Waals surface area contributed by atoms with E-state index in [0.717, 1.165) is 0 Å². The summed E-state index contributed by atoms with van der Waals surface area (Å²) in [6, 6.07) is 1.48. The Bertz CT molecular complexity index is 674. The van der Waals surface area contributed by atoms with Crippen molar-refractivity contribution in [3.05, 3.63) is 32.9 Å². The second-order valence-corrected chi connectivity index (χ2v) is 4.88. The van der Waals surface area contributed by atoms with Crippen molar-refractivity contribution in [1.82, 2.24) is 4.98 Å². The van der Waals surface area contributed by atoms with Gasteiger partial charge in [-0.2, -0.15) is 0 Å². The molecule has 0 aliphatic carbocycles. The minimum Gasteiger partial charge on any atom is -0.462 e. The number of carbonyl (C=O) groups excluding carboxylic acids is 1. The third-order valence-electron chi connectivity index (χ3n) is 2.52. The van der Waals surface area contributed by atoms with Gasteiger partial charge in [0.2, 0.25) is 0 Å². The van der Waals surface area contributed by atoms with E-state index in [1.807, 2.05) is 0 Å². The van der Waals surface area contributed by atoms with Crippen molar-refractivity contribution < 1.29 is 9.53 Å². The van der Waals surface area contributed by atoms with Crippen LogP contribution in [0.4, 0.5) is 5.69 Å². The fourth-order valence-electron chi connectivity index (χ4n) is 1.66. The quantitative estimate of drug-likeness (QED) is 0.672. The van der Waals surface area contributed by atoms with E-state index in [0.29, 0.717) is 15.9 Å². The molecule has 0 atom stereocenters. The SMILES string of the molecule is CCOC(=O)c1cnc2c(Cl)cc(Cl)c(Cl)c2c1N. The van der Waals surface area contributed by atoms with E-state index in [1.165, 1.54) is 12.3 Å². The predicted octanol–water partition coefficient (Wildman–Crippen LogP) is 3.95. The highest BCUT2D eigenvalue weighted by molar-refractivity contribution is 6.48. The van der Waals surface area contributed by atoms with Crippen LogP contribution in [0.3, 0.4) is 0 Å². The number of benzene rings is 1. The molecule has 1 aromatic heterocycles. The van der Waals surface area contributed by atoms with Crippen LogP contribution in [0.25, 0.3) is 10.9 Å². The number of hydrogen-bond donors (Lipinski definition) is 1. The van der Waals surface area contributed by atoms with Gasteiger partial charge in [0.1, 0.15) is 5.56 Å². The average molecular weight is 320 g/mol. The van der Waals surface area contributed by atoms with Crippen LogP contribution in [-0.2, 0) is 4.74 Å². The van der Waals surface area contributed by atoms with Crippen LogP contribution < -0.4 is 5.73 Å². The van der Waals surface area contributed by atoms with E-state index in [-0.39, 0.29) is 27.9 Å². The second-order valence-electron chi connectivity index (χ2n) is 3.68. The Kier molecular flexibility index (Phi) is 4.04. The molecule has 2 N–H and O–H groups in total. The van der Waals surface area contributed by atoms with Crippen LogP contribution in [0.2, 0.25) is 15.1 Å². The largest absolute Gasteiger partial charge is 0.462 e. The summed E-state index contributed by atoms with van der Waals surface area (Å²) < 4.78 is 4.89. The molecule has 0 aliphatic rings. The highest BCUT2D eigenvalue weighted by Gasteiger charge is 2.19. The standard InChI is InChI=1S/C12H9Cl3N2O2/c1-2-19-12(18)5-4-17-11-7(14)3-6(13)9(15)8(11)10(5)16/h3-4H,2H2,1H3,(H2,16,17). The molecule has 0 radical (unpaired) electrons. The number of rotatable bonds is 2. The lowest BCUT2D eigenvalue weighted by molar-refractivity contribution is 0.0527. The minimum atomic E-state index is -0.568. The van der Waals surface area contributed by atoms with Gasteiger partial charge in [-0.1, -0.05) is 34.8 Å². The highest BCUT2D eigenvalue weighted by atomic mass is 35.5. The molecule has 1 aromatic carbocycles. The summed E-state index contributed by atoms with van der Waals surface area (Å²) in [5, 5.41) is 1.11. The van der Waals surface area contributed by atoms with Gasteiger partial charge in [-0.05, 0) is 13.0 Å². The first kappa shape index (κ1) is 14.2. The lowest BCUT2D eigenvalue weighted by atomic mass is 10.1. The molecule has 0 aliphatic heterocycles. The Hall–Kier alpha value is -1.23. The molecule has 0 unspecified atom stereocenters. The maximum absolute atomic E-state index is 11.7. The lowest BCUT2D eigenvalue weighted by Crippen LogP contribution is -2.09. The number of nitrogens with two attached hydrogens (primary N) is 1. The second kappa shape index (κ2) is 5.41. The van der Waals surface area contributed by atoms with E-state index in [4.69, 9.17) is 45.3 Å². The Morgan fingerprint density at radius 2 is 2.05 bits per heavy atom. The van der Waals surface area contributed by atoms with Crippen LogP contribution in [0.15, 0.2) is 12.3 Å². The topological polar surface area (TPSA) is 65.2 Å². The fraction of sp³-hybridized carbons (Fsp3) is 0.167. The van der Waals surface area contributed by atoms with Crippen molar-refractivity contribution in [2.45, 2.75) is 6.92 Å². The Morgan fingerprint density at radius 3 is 2.68 bits per heavy atom. The van der Waals surface area contributed by atoms with Crippen molar-refractivity contribution in [2.75, 3.05) is 12.3 Å². The zero-order valence-electron chi connectivity index (χ0n) is 9.84. The average Bonchev–Trinajstić information content (AvgIpc) is 2.36. The molecular weight excluding hydrogens is 311 g/mol. The van der Waals surface area contributed by atoms with Crippen molar-refractivity contribution in [1.29, 1.82) is 0 Å². The maximum Gasteiger partial charge on any atom is 0.341 e. The van der Waals surface area contributed by atoms with Crippen LogP contribution in [0.1, 0.15) is 17.3 Å². The number of esters is 1. The Balaban J connectivity index is 2.77. The summed E-state index contributed by atoms with van der Waals surface area (Å²) in [4.78, 5) is 15.8. The van der Waals surface area contributed by atoms with Crippen LogP contribution in [0, 0.1) is 0 Å². The van der Waals surface area contributed by atoms with Gasteiger partial charge in [0.05, 0.1) is 32.9 Å². The van der Waals surface area contributed by atoms with Crippen molar-refractivity contribution in [3.8, 4) is 0 Å². The number of fused-ring (bicyclic) bond motifs is 1. The molecule has 0 amide bonds. The van der Waals surface area contributed by atoms with Crippen molar-refractivity contribution in [2.24, 2.45) is 0 Å². The normalized spacial score (nSPS) is 10.7. The molecule has 0 saturated carbocycles. The lowest BCUT2D eigenvalue weighted by Gasteiger charge is -2.11. The molecule has 0 spiro atoms. The first-order valence-corrected chi connectivity index (χ1v) is 6.49. The summed E-state index contributed by atoms with van der Waals surface area (Å²) in [5.41, 5.74) is 6.62. The molecule has 4 nitrogen and oxygen atoms in total. The van der Waals surface area contributed by atoms with Gasteiger partial charge in [-0.25, -0.2) is 4.79 Å².